The first kappa shape index (κ1) is 21.8. The predicted octanol–water partition coefficient (Wildman–Crippen LogP) is 3.83. The van der Waals surface area contributed by atoms with Gasteiger partial charge < -0.3 is 16.4 Å². The van der Waals surface area contributed by atoms with Gasteiger partial charge in [-0.3, -0.25) is 9.20 Å². The number of nitrogen functional groups attached to an aromatic ring is 1. The van der Waals surface area contributed by atoms with E-state index in [4.69, 9.17) is 5.73 Å². The smallest absolute Gasteiger partial charge is 0.258 e. The van der Waals surface area contributed by atoms with Crippen LogP contribution in [0.4, 0.5) is 5.69 Å². The third-order valence-corrected chi connectivity index (χ3v) is 6.00. The van der Waals surface area contributed by atoms with Crippen LogP contribution in [0.5, 0.6) is 0 Å². The molecule has 0 atom stereocenters. The molecule has 1 fully saturated rings. The van der Waals surface area contributed by atoms with Crippen molar-refractivity contribution in [3.05, 3.63) is 88.0 Å². The maximum Gasteiger partial charge on any atom is 0.258 e. The molecule has 2 aromatic heterocycles. The van der Waals surface area contributed by atoms with Gasteiger partial charge >= 0.3 is 0 Å². The summed E-state index contributed by atoms with van der Waals surface area (Å²) in [5, 5.41) is 6.80. The lowest BCUT2D eigenvalue weighted by atomic mass is 9.85. The maximum absolute atomic E-state index is 12.3. The van der Waals surface area contributed by atoms with Gasteiger partial charge in [-0.25, -0.2) is 4.98 Å². The number of nitrogens with one attached hydrogen (secondary N) is 2. The molecule has 166 valence electrons. The lowest BCUT2D eigenvalue weighted by Crippen LogP contribution is -2.28. The minimum Gasteiger partial charge on any atom is -0.398 e. The Bertz CT molecular complexity index is 1210. The quantitative estimate of drug-likeness (QED) is 0.450. The van der Waals surface area contributed by atoms with Crippen LogP contribution in [-0.2, 0) is 6.54 Å². The van der Waals surface area contributed by atoms with E-state index >= 15 is 0 Å². The molecule has 4 N–H and O–H groups in total. The zero-order valence-electron chi connectivity index (χ0n) is 18.6. The highest BCUT2D eigenvalue weighted by Gasteiger charge is 2.16. The summed E-state index contributed by atoms with van der Waals surface area (Å²) in [6, 6.07) is 13.0. The summed E-state index contributed by atoms with van der Waals surface area (Å²) in [6.07, 6.45) is 7.95. The van der Waals surface area contributed by atoms with Crippen LogP contribution >= 0.6 is 0 Å². The molecule has 0 bridgehead atoms. The normalized spacial score (nSPS) is 14.3. The Labute approximate surface area is 188 Å². The molecule has 0 aliphatic heterocycles. The standard InChI is InChI=1S/C26H31N5O/c1-18(15-28-16-20-6-5-7-20)12-22-10-9-21(13-23(22)27)17-29-19(2)24-14-26(32)31-11-4-3-8-25(31)30-24/h3-4,8-14,20,28-29H,2,5-7,15-17,27H2,1H3/b18-12+. The van der Waals surface area contributed by atoms with Crippen LogP contribution in [0, 0.1) is 5.92 Å². The van der Waals surface area contributed by atoms with Crippen molar-refractivity contribution < 1.29 is 0 Å². The van der Waals surface area contributed by atoms with Crippen LogP contribution < -0.4 is 21.9 Å². The van der Waals surface area contributed by atoms with E-state index in [0.29, 0.717) is 23.6 Å². The third kappa shape index (κ3) is 5.26. The second kappa shape index (κ2) is 9.83. The molecular formula is C26H31N5O. The van der Waals surface area contributed by atoms with E-state index in [1.807, 2.05) is 18.2 Å². The molecule has 0 radical (unpaired) electrons. The van der Waals surface area contributed by atoms with Gasteiger partial charge in [-0.15, -0.1) is 0 Å². The van der Waals surface area contributed by atoms with Crippen molar-refractivity contribution >= 4 is 23.1 Å². The van der Waals surface area contributed by atoms with E-state index in [1.54, 1.807) is 18.3 Å². The first-order valence-corrected chi connectivity index (χ1v) is 11.2. The van der Waals surface area contributed by atoms with Gasteiger partial charge in [0.25, 0.3) is 5.56 Å². The van der Waals surface area contributed by atoms with E-state index in [2.05, 4.69) is 41.3 Å². The van der Waals surface area contributed by atoms with Gasteiger partial charge in [0.15, 0.2) is 0 Å². The summed E-state index contributed by atoms with van der Waals surface area (Å²) in [5.74, 6) is 0.859. The Hall–Kier alpha value is -3.38. The number of benzene rings is 1. The summed E-state index contributed by atoms with van der Waals surface area (Å²) in [5.41, 5.74) is 12.0. The molecule has 1 aromatic carbocycles. The number of fused-ring (bicyclic) bond motifs is 1. The van der Waals surface area contributed by atoms with Crippen LogP contribution in [0.2, 0.25) is 0 Å². The number of pyridine rings is 1. The minimum absolute atomic E-state index is 0.133. The number of nitrogens with two attached hydrogens (primary N) is 1. The van der Waals surface area contributed by atoms with Gasteiger partial charge in [0.2, 0.25) is 0 Å². The van der Waals surface area contributed by atoms with E-state index in [1.165, 1.54) is 35.3 Å². The minimum atomic E-state index is -0.133. The van der Waals surface area contributed by atoms with E-state index in [9.17, 15) is 4.79 Å². The predicted molar refractivity (Wildman–Crippen MR) is 132 cm³/mol. The van der Waals surface area contributed by atoms with Crippen LogP contribution in [0.25, 0.3) is 17.4 Å². The molecule has 1 saturated carbocycles. The van der Waals surface area contributed by atoms with Gasteiger partial charge in [0, 0.05) is 31.0 Å². The van der Waals surface area contributed by atoms with E-state index < -0.39 is 0 Å². The maximum atomic E-state index is 12.3. The van der Waals surface area contributed by atoms with Gasteiger partial charge in [-0.2, -0.15) is 0 Å². The Morgan fingerprint density at radius 1 is 1.28 bits per heavy atom. The lowest BCUT2D eigenvalue weighted by Gasteiger charge is -2.25. The molecule has 0 unspecified atom stereocenters. The fourth-order valence-corrected chi connectivity index (χ4v) is 3.86. The van der Waals surface area contributed by atoms with Crippen LogP contribution in [-0.4, -0.2) is 22.5 Å². The highest BCUT2D eigenvalue weighted by atomic mass is 16.1. The molecule has 6 nitrogen and oxygen atoms in total. The molecule has 6 heteroatoms. The zero-order chi connectivity index (χ0) is 22.5. The first-order valence-electron chi connectivity index (χ1n) is 11.2. The van der Waals surface area contributed by atoms with E-state index in [-0.39, 0.29) is 5.56 Å². The fraction of sp³-hybridized carbons (Fsp3) is 0.308. The van der Waals surface area contributed by atoms with Crippen LogP contribution in [0.15, 0.2) is 65.6 Å². The van der Waals surface area contributed by atoms with Crippen molar-refractivity contribution in [3.63, 3.8) is 0 Å². The zero-order valence-corrected chi connectivity index (χ0v) is 18.6. The molecule has 2 heterocycles. The molecule has 3 aromatic rings. The fourth-order valence-electron chi connectivity index (χ4n) is 3.86. The summed E-state index contributed by atoms with van der Waals surface area (Å²) in [6.45, 7) is 8.72. The SMILES string of the molecule is C=C(NCc1ccc(/C=C(\C)CNCC2CCC2)c(N)c1)c1cc(=O)n2ccccc2n1. The number of nitrogens with zero attached hydrogens (tertiary/aromatic N) is 2. The molecule has 0 saturated heterocycles. The molecule has 4 rings (SSSR count). The lowest BCUT2D eigenvalue weighted by molar-refractivity contribution is 0.305. The molecular weight excluding hydrogens is 398 g/mol. The number of rotatable bonds is 9. The molecule has 1 aliphatic rings. The summed E-state index contributed by atoms with van der Waals surface area (Å²) in [7, 11) is 0. The first-order chi connectivity index (χ1) is 15.5. The largest absolute Gasteiger partial charge is 0.398 e. The highest BCUT2D eigenvalue weighted by Crippen LogP contribution is 2.25. The number of aromatic nitrogens is 2. The summed E-state index contributed by atoms with van der Waals surface area (Å²) in [4.78, 5) is 16.8. The van der Waals surface area contributed by atoms with Crippen molar-refractivity contribution in [1.82, 2.24) is 20.0 Å². The van der Waals surface area contributed by atoms with E-state index in [0.717, 1.165) is 35.8 Å². The monoisotopic (exact) mass is 429 g/mol. The number of hydrogen-bond donors (Lipinski definition) is 3. The highest BCUT2D eigenvalue weighted by molar-refractivity contribution is 5.67. The molecule has 1 aliphatic carbocycles. The van der Waals surface area contributed by atoms with Gasteiger partial charge in [0.05, 0.1) is 11.4 Å². The topological polar surface area (TPSA) is 84.5 Å². The Kier molecular flexibility index (Phi) is 6.71. The number of hydrogen-bond acceptors (Lipinski definition) is 5. The summed E-state index contributed by atoms with van der Waals surface area (Å²) < 4.78 is 1.51. The Balaban J connectivity index is 1.35. The van der Waals surface area contributed by atoms with Crippen LogP contribution in [0.1, 0.15) is 43.0 Å². The van der Waals surface area contributed by atoms with Gasteiger partial charge in [-0.05, 0) is 61.6 Å². The van der Waals surface area contributed by atoms with Crippen LogP contribution in [0.3, 0.4) is 0 Å². The Morgan fingerprint density at radius 3 is 2.88 bits per heavy atom. The van der Waals surface area contributed by atoms with Crippen molar-refractivity contribution in [2.24, 2.45) is 5.92 Å². The third-order valence-electron chi connectivity index (χ3n) is 6.00. The average molecular weight is 430 g/mol. The Morgan fingerprint density at radius 2 is 2.12 bits per heavy atom. The second-order valence-electron chi connectivity index (χ2n) is 8.62. The van der Waals surface area contributed by atoms with Crippen molar-refractivity contribution in [2.75, 3.05) is 18.8 Å². The van der Waals surface area contributed by atoms with Crippen molar-refractivity contribution in [3.8, 4) is 0 Å². The molecule has 0 spiro atoms. The van der Waals surface area contributed by atoms with Gasteiger partial charge in [-0.1, -0.05) is 42.8 Å². The van der Waals surface area contributed by atoms with Crippen molar-refractivity contribution in [1.29, 1.82) is 0 Å². The van der Waals surface area contributed by atoms with Gasteiger partial charge in [0.1, 0.15) is 5.65 Å². The summed E-state index contributed by atoms with van der Waals surface area (Å²) >= 11 is 0. The average Bonchev–Trinajstić information content (AvgIpc) is 2.75. The van der Waals surface area contributed by atoms with Crippen molar-refractivity contribution in [2.45, 2.75) is 32.7 Å². The molecule has 0 amide bonds. The molecule has 32 heavy (non-hydrogen) atoms. The number of anilines is 1. The second-order valence-corrected chi connectivity index (χ2v) is 8.62.